The molecule has 0 aliphatic carbocycles. The second kappa shape index (κ2) is 11.0. The van der Waals surface area contributed by atoms with Crippen LogP contribution in [-0.4, -0.2) is 22.1 Å². The number of halogens is 2. The lowest BCUT2D eigenvalue weighted by Crippen LogP contribution is -2.15. The van der Waals surface area contributed by atoms with Crippen molar-refractivity contribution in [2.24, 2.45) is 7.05 Å². The molecule has 0 bridgehead atoms. The van der Waals surface area contributed by atoms with E-state index in [1.807, 2.05) is 27.7 Å². The van der Waals surface area contributed by atoms with Crippen LogP contribution in [0.5, 0.6) is 0 Å². The minimum absolute atomic E-state index is 0.285. The number of nitrogens with zero attached hydrogens (tertiary/aromatic N) is 2. The van der Waals surface area contributed by atoms with Crippen LogP contribution in [0.3, 0.4) is 0 Å². The molecule has 0 unspecified atom stereocenters. The molecule has 0 atom stereocenters. The third kappa shape index (κ3) is 9.47. The second-order valence-corrected chi connectivity index (χ2v) is 2.52. The molecule has 0 aliphatic rings. The molecule has 0 spiro atoms. The van der Waals surface area contributed by atoms with Gasteiger partial charge in [-0.3, -0.25) is 9.48 Å². The van der Waals surface area contributed by atoms with Crippen LogP contribution in [0.2, 0.25) is 0 Å². The summed E-state index contributed by atoms with van der Waals surface area (Å²) in [6, 6.07) is 1.53. The number of carbonyl (C=O) groups is 1. The van der Waals surface area contributed by atoms with Crippen molar-refractivity contribution in [1.29, 1.82) is 0 Å². The van der Waals surface area contributed by atoms with E-state index in [-0.39, 0.29) is 5.82 Å². The lowest BCUT2D eigenvalue weighted by Gasteiger charge is -1.99. The average Bonchev–Trinajstić information content (AvgIpc) is 2.68. The molecule has 1 heterocycles. The number of amides is 1. The van der Waals surface area contributed by atoms with E-state index in [1.165, 1.54) is 10.7 Å². The molecule has 1 aromatic rings. The maximum absolute atomic E-state index is 11.7. The van der Waals surface area contributed by atoms with E-state index in [4.69, 9.17) is 0 Å². The molecular formula is C11H21F2N3O. The number of carbonyl (C=O) groups excluding carboxylic acids is 1. The highest BCUT2D eigenvalue weighted by molar-refractivity contribution is 5.89. The number of anilines is 1. The van der Waals surface area contributed by atoms with Gasteiger partial charge in [0.25, 0.3) is 0 Å². The maximum Gasteiger partial charge on any atom is 0.247 e. The summed E-state index contributed by atoms with van der Waals surface area (Å²) >= 11 is 0. The van der Waals surface area contributed by atoms with Crippen LogP contribution in [0.15, 0.2) is 12.3 Å². The number of rotatable bonds is 3. The zero-order valence-electron chi connectivity index (χ0n) is 11.0. The lowest BCUT2D eigenvalue weighted by atomic mass is 10.4. The van der Waals surface area contributed by atoms with Crippen molar-refractivity contribution in [2.45, 2.75) is 40.5 Å². The monoisotopic (exact) mass is 249 g/mol. The van der Waals surface area contributed by atoms with Gasteiger partial charge in [-0.15, -0.1) is 0 Å². The Morgan fingerprint density at radius 3 is 2.29 bits per heavy atom. The highest BCUT2D eigenvalue weighted by Gasteiger charge is 2.11. The lowest BCUT2D eigenvalue weighted by molar-refractivity contribution is -0.118. The van der Waals surface area contributed by atoms with Gasteiger partial charge in [-0.05, 0) is 0 Å². The number of aryl methyl sites for hydroxylation is 1. The fourth-order valence-corrected chi connectivity index (χ4v) is 0.816. The summed E-state index contributed by atoms with van der Waals surface area (Å²) < 4.78 is 24.9. The van der Waals surface area contributed by atoms with Crippen molar-refractivity contribution < 1.29 is 13.6 Å². The Labute approximate surface area is 101 Å². The molecule has 100 valence electrons. The van der Waals surface area contributed by atoms with Crippen LogP contribution in [0, 0.1) is 0 Å². The zero-order chi connectivity index (χ0) is 13.8. The van der Waals surface area contributed by atoms with Gasteiger partial charge in [0.1, 0.15) is 0 Å². The summed E-state index contributed by atoms with van der Waals surface area (Å²) in [4.78, 5) is 10.8. The van der Waals surface area contributed by atoms with E-state index in [9.17, 15) is 13.6 Å². The van der Waals surface area contributed by atoms with Gasteiger partial charge in [-0.25, -0.2) is 8.78 Å². The van der Waals surface area contributed by atoms with Crippen LogP contribution < -0.4 is 5.32 Å². The third-order valence-electron chi connectivity index (χ3n) is 1.32. The molecule has 0 aliphatic heterocycles. The molecule has 4 nitrogen and oxygen atoms in total. The fraction of sp³-hybridized carbons (Fsp3) is 0.636. The molecule has 0 radical (unpaired) electrons. The molecule has 6 heteroatoms. The molecule has 17 heavy (non-hydrogen) atoms. The van der Waals surface area contributed by atoms with Crippen molar-refractivity contribution in [3.8, 4) is 0 Å². The molecule has 0 saturated carbocycles. The van der Waals surface area contributed by atoms with Crippen molar-refractivity contribution >= 4 is 11.7 Å². The van der Waals surface area contributed by atoms with Gasteiger partial charge in [-0.1, -0.05) is 27.7 Å². The normalized spacial score (nSPS) is 8.71. The summed E-state index contributed by atoms with van der Waals surface area (Å²) in [5.74, 6) is -0.443. The Bertz CT molecular complexity index is 301. The van der Waals surface area contributed by atoms with E-state index in [1.54, 1.807) is 13.2 Å². The van der Waals surface area contributed by atoms with Gasteiger partial charge < -0.3 is 5.32 Å². The number of aromatic nitrogens is 2. The summed E-state index contributed by atoms with van der Waals surface area (Å²) in [6.07, 6.45) is -1.81. The van der Waals surface area contributed by atoms with Crippen LogP contribution >= 0.6 is 0 Å². The summed E-state index contributed by atoms with van der Waals surface area (Å²) in [6.45, 7) is 8.00. The van der Waals surface area contributed by atoms with Gasteiger partial charge in [0.15, 0.2) is 5.82 Å². The first kappa shape index (κ1) is 17.9. The Morgan fingerprint density at radius 1 is 1.41 bits per heavy atom. The number of hydrogen-bond donors (Lipinski definition) is 1. The molecule has 1 amide bonds. The van der Waals surface area contributed by atoms with E-state index in [0.717, 1.165) is 0 Å². The van der Waals surface area contributed by atoms with Crippen molar-refractivity contribution in [3.05, 3.63) is 12.3 Å². The third-order valence-corrected chi connectivity index (χ3v) is 1.32. The molecular weight excluding hydrogens is 228 g/mol. The van der Waals surface area contributed by atoms with Crippen molar-refractivity contribution in [3.63, 3.8) is 0 Å². The van der Waals surface area contributed by atoms with E-state index >= 15 is 0 Å². The minimum atomic E-state index is -2.62. The Kier molecular flexibility index (Phi) is 11.6. The van der Waals surface area contributed by atoms with Gasteiger partial charge in [0, 0.05) is 19.3 Å². The predicted molar refractivity (Wildman–Crippen MR) is 65.2 cm³/mol. The quantitative estimate of drug-likeness (QED) is 0.894. The first-order valence-electron chi connectivity index (χ1n) is 5.65. The van der Waals surface area contributed by atoms with E-state index in [2.05, 4.69) is 10.4 Å². The van der Waals surface area contributed by atoms with Crippen LogP contribution in [0.1, 0.15) is 34.1 Å². The molecule has 0 saturated heterocycles. The Morgan fingerprint density at radius 2 is 1.94 bits per heavy atom. The maximum atomic E-state index is 11.7. The Hall–Kier alpha value is -1.46. The first-order valence-corrected chi connectivity index (χ1v) is 5.65. The number of alkyl halides is 2. The number of hydrogen-bond acceptors (Lipinski definition) is 2. The smallest absolute Gasteiger partial charge is 0.247 e. The minimum Gasteiger partial charge on any atom is -0.309 e. The van der Waals surface area contributed by atoms with Gasteiger partial charge in [0.2, 0.25) is 12.3 Å². The standard InChI is InChI=1S/C7H9F2N3O.2C2H6/c1-12-3-2-6(11-12)10-7(13)4-5(8)9;2*1-2/h2-3,5H,4H2,1H3,(H,10,11,13);2*1-2H3. The SMILES string of the molecule is CC.CC.Cn1ccc(NC(=O)CC(F)F)n1. The fourth-order valence-electron chi connectivity index (χ4n) is 0.816. The van der Waals surface area contributed by atoms with Crippen molar-refractivity contribution in [2.75, 3.05) is 5.32 Å². The number of nitrogens with one attached hydrogen (secondary N) is 1. The van der Waals surface area contributed by atoms with E-state index < -0.39 is 18.8 Å². The molecule has 1 rings (SSSR count). The average molecular weight is 249 g/mol. The second-order valence-electron chi connectivity index (χ2n) is 2.52. The highest BCUT2D eigenvalue weighted by atomic mass is 19.3. The molecule has 1 N–H and O–H groups in total. The summed E-state index contributed by atoms with van der Waals surface area (Å²) in [5.41, 5.74) is 0. The van der Waals surface area contributed by atoms with Crippen LogP contribution in [-0.2, 0) is 11.8 Å². The van der Waals surface area contributed by atoms with Gasteiger partial charge in [0.05, 0.1) is 6.42 Å². The molecule has 0 aromatic carbocycles. The van der Waals surface area contributed by atoms with Gasteiger partial charge >= 0.3 is 0 Å². The molecule has 0 fully saturated rings. The van der Waals surface area contributed by atoms with Crippen molar-refractivity contribution in [1.82, 2.24) is 9.78 Å². The van der Waals surface area contributed by atoms with Crippen LogP contribution in [0.4, 0.5) is 14.6 Å². The predicted octanol–water partition coefficient (Wildman–Crippen LogP) is 3.07. The largest absolute Gasteiger partial charge is 0.309 e. The Balaban J connectivity index is 0. The van der Waals surface area contributed by atoms with E-state index in [0.29, 0.717) is 0 Å². The van der Waals surface area contributed by atoms with Crippen LogP contribution in [0.25, 0.3) is 0 Å². The highest BCUT2D eigenvalue weighted by Crippen LogP contribution is 2.04. The molecule has 1 aromatic heterocycles. The van der Waals surface area contributed by atoms with Gasteiger partial charge in [-0.2, -0.15) is 5.10 Å². The summed E-state index contributed by atoms with van der Waals surface area (Å²) in [7, 11) is 1.67. The zero-order valence-corrected chi connectivity index (χ0v) is 11.0. The summed E-state index contributed by atoms with van der Waals surface area (Å²) in [5, 5.41) is 6.04. The topological polar surface area (TPSA) is 46.9 Å². The first-order chi connectivity index (χ1) is 8.08.